The Labute approximate surface area is 117 Å². The number of hydrogen-bond donors (Lipinski definition) is 2. The van der Waals surface area contributed by atoms with Crippen molar-refractivity contribution >= 4 is 5.96 Å². The van der Waals surface area contributed by atoms with Crippen LogP contribution in [0.2, 0.25) is 0 Å². The predicted octanol–water partition coefficient (Wildman–Crippen LogP) is 2.10. The number of nitrogens with two attached hydrogens (primary N) is 1. The van der Waals surface area contributed by atoms with Crippen LogP contribution in [-0.4, -0.2) is 42.6 Å². The fourth-order valence-corrected chi connectivity index (χ4v) is 3.40. The molecule has 0 radical (unpaired) electrons. The Morgan fingerprint density at radius 1 is 1.16 bits per heavy atom. The van der Waals surface area contributed by atoms with Gasteiger partial charge in [-0.05, 0) is 38.8 Å². The summed E-state index contributed by atoms with van der Waals surface area (Å²) in [4.78, 5) is 7.09. The summed E-state index contributed by atoms with van der Waals surface area (Å²) < 4.78 is 0. The average molecular weight is 266 g/mol. The molecule has 4 nitrogen and oxygen atoms in total. The van der Waals surface area contributed by atoms with Gasteiger partial charge in [0.1, 0.15) is 0 Å². The monoisotopic (exact) mass is 266 g/mol. The van der Waals surface area contributed by atoms with Gasteiger partial charge in [-0.2, -0.15) is 0 Å². The van der Waals surface area contributed by atoms with Crippen LogP contribution < -0.4 is 11.1 Å². The highest BCUT2D eigenvalue weighted by molar-refractivity contribution is 5.78. The van der Waals surface area contributed by atoms with Gasteiger partial charge in [-0.1, -0.05) is 32.6 Å². The molecule has 3 N–H and O–H groups in total. The number of nitrogens with one attached hydrogen (secondary N) is 1. The number of rotatable bonds is 4. The summed E-state index contributed by atoms with van der Waals surface area (Å²) in [6.07, 6.45) is 10.5. The van der Waals surface area contributed by atoms with Crippen LogP contribution in [0.25, 0.3) is 0 Å². The molecule has 0 spiro atoms. The third-order valence-corrected chi connectivity index (χ3v) is 4.58. The van der Waals surface area contributed by atoms with Crippen molar-refractivity contribution in [2.24, 2.45) is 10.7 Å². The SMILES string of the molecule is CCN1CCCC1CN=C(N)NC1CCCCCC1. The molecule has 0 aromatic carbocycles. The van der Waals surface area contributed by atoms with Crippen LogP contribution in [0, 0.1) is 0 Å². The summed E-state index contributed by atoms with van der Waals surface area (Å²) in [5.74, 6) is 0.662. The van der Waals surface area contributed by atoms with Crippen LogP contribution in [0.15, 0.2) is 4.99 Å². The second-order valence-electron chi connectivity index (χ2n) is 5.98. The molecule has 19 heavy (non-hydrogen) atoms. The van der Waals surface area contributed by atoms with Crippen molar-refractivity contribution in [1.29, 1.82) is 0 Å². The molecule has 1 atom stereocenters. The first-order chi connectivity index (χ1) is 9.29. The summed E-state index contributed by atoms with van der Waals surface area (Å²) in [5.41, 5.74) is 6.04. The first kappa shape index (κ1) is 14.6. The van der Waals surface area contributed by atoms with Crippen molar-refractivity contribution in [2.45, 2.75) is 70.4 Å². The van der Waals surface area contributed by atoms with E-state index < -0.39 is 0 Å². The minimum atomic E-state index is 0.553. The topological polar surface area (TPSA) is 53.6 Å². The zero-order valence-corrected chi connectivity index (χ0v) is 12.4. The van der Waals surface area contributed by atoms with E-state index in [0.717, 1.165) is 13.1 Å². The standard InChI is InChI=1S/C15H30N4/c1-2-19-11-7-10-14(19)12-17-15(16)18-13-8-5-3-4-6-9-13/h13-14H,2-12H2,1H3,(H3,16,17,18). The summed E-state index contributed by atoms with van der Waals surface area (Å²) in [5, 5.41) is 3.42. The van der Waals surface area contributed by atoms with E-state index in [1.165, 1.54) is 57.9 Å². The van der Waals surface area contributed by atoms with E-state index in [4.69, 9.17) is 5.73 Å². The highest BCUT2D eigenvalue weighted by Crippen LogP contribution is 2.18. The van der Waals surface area contributed by atoms with Gasteiger partial charge in [-0.15, -0.1) is 0 Å². The molecule has 1 heterocycles. The average Bonchev–Trinajstić information content (AvgIpc) is 2.72. The second kappa shape index (κ2) is 7.73. The molecule has 2 rings (SSSR count). The molecule has 1 aliphatic carbocycles. The first-order valence-corrected chi connectivity index (χ1v) is 8.10. The maximum absolute atomic E-state index is 6.04. The molecule has 1 aliphatic heterocycles. The Balaban J connectivity index is 1.75. The van der Waals surface area contributed by atoms with Crippen LogP contribution in [-0.2, 0) is 0 Å². The summed E-state index contributed by atoms with van der Waals surface area (Å²) >= 11 is 0. The molecule has 0 aromatic rings. The van der Waals surface area contributed by atoms with Crippen LogP contribution in [0.4, 0.5) is 0 Å². The molecule has 0 aromatic heterocycles. The van der Waals surface area contributed by atoms with Gasteiger partial charge < -0.3 is 11.1 Å². The zero-order valence-electron chi connectivity index (χ0n) is 12.4. The number of hydrogen-bond acceptors (Lipinski definition) is 2. The van der Waals surface area contributed by atoms with Gasteiger partial charge in [-0.25, -0.2) is 0 Å². The number of nitrogens with zero attached hydrogens (tertiary/aromatic N) is 2. The molecule has 1 saturated carbocycles. The van der Waals surface area contributed by atoms with E-state index in [0.29, 0.717) is 18.0 Å². The largest absolute Gasteiger partial charge is 0.370 e. The number of likely N-dealkylation sites (tertiary alicyclic amines) is 1. The number of likely N-dealkylation sites (N-methyl/N-ethyl adjacent to an activating group) is 1. The van der Waals surface area contributed by atoms with Gasteiger partial charge in [0.15, 0.2) is 5.96 Å². The van der Waals surface area contributed by atoms with Gasteiger partial charge in [-0.3, -0.25) is 9.89 Å². The lowest BCUT2D eigenvalue weighted by atomic mass is 10.1. The second-order valence-corrected chi connectivity index (χ2v) is 5.98. The molecule has 110 valence electrons. The van der Waals surface area contributed by atoms with E-state index >= 15 is 0 Å². The third-order valence-electron chi connectivity index (χ3n) is 4.58. The number of guanidine groups is 1. The van der Waals surface area contributed by atoms with Gasteiger partial charge >= 0.3 is 0 Å². The van der Waals surface area contributed by atoms with E-state index in [-0.39, 0.29) is 0 Å². The fraction of sp³-hybridized carbons (Fsp3) is 0.933. The van der Waals surface area contributed by atoms with Crippen molar-refractivity contribution in [3.63, 3.8) is 0 Å². The van der Waals surface area contributed by atoms with Gasteiger partial charge in [0, 0.05) is 12.1 Å². The zero-order chi connectivity index (χ0) is 13.5. The summed E-state index contributed by atoms with van der Waals surface area (Å²) in [6, 6.07) is 1.16. The molecule has 2 aliphatic rings. The molecule has 1 unspecified atom stereocenters. The summed E-state index contributed by atoms with van der Waals surface area (Å²) in [7, 11) is 0. The van der Waals surface area contributed by atoms with Crippen LogP contribution >= 0.6 is 0 Å². The maximum atomic E-state index is 6.04. The van der Waals surface area contributed by atoms with Crippen molar-refractivity contribution < 1.29 is 0 Å². The Bertz CT molecular complexity index is 282. The van der Waals surface area contributed by atoms with Crippen LogP contribution in [0.1, 0.15) is 58.3 Å². The molecule has 0 amide bonds. The Morgan fingerprint density at radius 2 is 1.89 bits per heavy atom. The molecule has 0 bridgehead atoms. The van der Waals surface area contributed by atoms with E-state index in [1.807, 2.05) is 0 Å². The molecular formula is C15H30N4. The molecule has 4 heteroatoms. The highest BCUT2D eigenvalue weighted by Gasteiger charge is 2.22. The van der Waals surface area contributed by atoms with E-state index in [1.54, 1.807) is 0 Å². The van der Waals surface area contributed by atoms with Crippen molar-refractivity contribution in [1.82, 2.24) is 10.2 Å². The van der Waals surface area contributed by atoms with Gasteiger partial charge in [0.25, 0.3) is 0 Å². The number of aliphatic imine (C=N–C) groups is 1. The molecular weight excluding hydrogens is 236 g/mol. The van der Waals surface area contributed by atoms with Crippen molar-refractivity contribution in [2.75, 3.05) is 19.6 Å². The van der Waals surface area contributed by atoms with Crippen molar-refractivity contribution in [3.8, 4) is 0 Å². The Morgan fingerprint density at radius 3 is 2.58 bits per heavy atom. The lowest BCUT2D eigenvalue weighted by molar-refractivity contribution is 0.273. The Kier molecular flexibility index (Phi) is 5.95. The normalized spacial score (nSPS) is 27.4. The quantitative estimate of drug-likeness (QED) is 0.465. The van der Waals surface area contributed by atoms with E-state index in [9.17, 15) is 0 Å². The Hall–Kier alpha value is -0.770. The van der Waals surface area contributed by atoms with Crippen LogP contribution in [0.3, 0.4) is 0 Å². The fourth-order valence-electron chi connectivity index (χ4n) is 3.40. The predicted molar refractivity (Wildman–Crippen MR) is 81.4 cm³/mol. The highest BCUT2D eigenvalue weighted by atomic mass is 15.2. The van der Waals surface area contributed by atoms with Gasteiger partial charge in [0.05, 0.1) is 6.54 Å². The molecule has 1 saturated heterocycles. The minimum Gasteiger partial charge on any atom is -0.370 e. The lowest BCUT2D eigenvalue weighted by Gasteiger charge is -2.22. The minimum absolute atomic E-state index is 0.553. The van der Waals surface area contributed by atoms with Crippen LogP contribution in [0.5, 0.6) is 0 Å². The third kappa shape index (κ3) is 4.68. The van der Waals surface area contributed by atoms with Gasteiger partial charge in [0.2, 0.25) is 0 Å². The maximum Gasteiger partial charge on any atom is 0.188 e. The lowest BCUT2D eigenvalue weighted by Crippen LogP contribution is -2.41. The summed E-state index contributed by atoms with van der Waals surface area (Å²) in [6.45, 7) is 5.46. The molecule has 2 fully saturated rings. The van der Waals surface area contributed by atoms with E-state index in [2.05, 4.69) is 22.1 Å². The smallest absolute Gasteiger partial charge is 0.188 e. The van der Waals surface area contributed by atoms with Crippen molar-refractivity contribution in [3.05, 3.63) is 0 Å². The first-order valence-electron chi connectivity index (χ1n) is 8.10.